The van der Waals surface area contributed by atoms with E-state index in [0.717, 1.165) is 10.0 Å². The molecule has 0 fully saturated rings. The van der Waals surface area contributed by atoms with Gasteiger partial charge in [-0.1, -0.05) is 58.4 Å². The van der Waals surface area contributed by atoms with Crippen LogP contribution in [0.2, 0.25) is 0 Å². The second-order valence-corrected chi connectivity index (χ2v) is 7.97. The van der Waals surface area contributed by atoms with Gasteiger partial charge < -0.3 is 15.2 Å². The summed E-state index contributed by atoms with van der Waals surface area (Å²) in [6.45, 7) is 5.36. The fraction of sp³-hybridized carbons (Fsp3) is 0.182. The van der Waals surface area contributed by atoms with E-state index in [1.165, 1.54) is 6.08 Å². The Morgan fingerprint density at radius 1 is 1.04 bits per heavy atom. The van der Waals surface area contributed by atoms with Crippen LogP contribution in [0.1, 0.15) is 31.9 Å². The third kappa shape index (κ3) is 6.70. The Morgan fingerprint density at radius 3 is 2.21 bits per heavy atom. The van der Waals surface area contributed by atoms with Crippen LogP contribution in [0.3, 0.4) is 0 Å². The number of rotatable bonds is 5. The Bertz CT molecular complexity index is 894. The van der Waals surface area contributed by atoms with Gasteiger partial charge in [0.05, 0.1) is 0 Å². The molecule has 1 amide bonds. The molecule has 0 saturated heterocycles. The fourth-order valence-electron chi connectivity index (χ4n) is 2.20. The van der Waals surface area contributed by atoms with Gasteiger partial charge in [0, 0.05) is 21.7 Å². The number of carbonyl (C=O) groups excluding carboxylic acids is 2. The second-order valence-electron chi connectivity index (χ2n) is 7.05. The van der Waals surface area contributed by atoms with Gasteiger partial charge in [0.2, 0.25) is 5.76 Å². The maximum Gasteiger partial charge on any atom is 0.336 e. The highest BCUT2D eigenvalue weighted by molar-refractivity contribution is 9.10. The second kappa shape index (κ2) is 9.37. The van der Waals surface area contributed by atoms with Crippen molar-refractivity contribution in [1.82, 2.24) is 5.32 Å². The van der Waals surface area contributed by atoms with Gasteiger partial charge in [-0.25, -0.2) is 4.79 Å². The molecule has 0 aliphatic carbocycles. The standard InChI is InChI=1S/C22H22BrNO4/c1-22(2,3)24-21(27)20(19(26)16-10-12-17(23)13-11-16)28-18(25)14-9-15-7-5-4-6-8-15/h4-14,26H,1-3H3,(H,24,27)/b14-9-,20-19?. The third-order valence-electron chi connectivity index (χ3n) is 3.44. The molecule has 2 rings (SSSR count). The van der Waals surface area contributed by atoms with Crippen molar-refractivity contribution in [3.05, 3.63) is 82.0 Å². The third-order valence-corrected chi connectivity index (χ3v) is 3.97. The maximum absolute atomic E-state index is 12.6. The van der Waals surface area contributed by atoms with Crippen molar-refractivity contribution in [2.45, 2.75) is 26.3 Å². The van der Waals surface area contributed by atoms with Crippen LogP contribution in [0, 0.1) is 0 Å². The van der Waals surface area contributed by atoms with Crippen LogP contribution in [0.15, 0.2) is 70.9 Å². The van der Waals surface area contributed by atoms with E-state index < -0.39 is 28.9 Å². The van der Waals surface area contributed by atoms with Gasteiger partial charge in [-0.2, -0.15) is 0 Å². The normalized spacial score (nSPS) is 12.4. The zero-order chi connectivity index (χ0) is 20.7. The number of esters is 1. The molecule has 0 aromatic heterocycles. The predicted molar refractivity (Wildman–Crippen MR) is 113 cm³/mol. The lowest BCUT2D eigenvalue weighted by Crippen LogP contribution is -2.42. The predicted octanol–water partition coefficient (Wildman–Crippen LogP) is 4.85. The van der Waals surface area contributed by atoms with E-state index in [9.17, 15) is 14.7 Å². The van der Waals surface area contributed by atoms with Crippen LogP contribution >= 0.6 is 15.9 Å². The molecule has 0 aliphatic heterocycles. The van der Waals surface area contributed by atoms with Gasteiger partial charge in [0.15, 0.2) is 5.76 Å². The van der Waals surface area contributed by atoms with E-state index in [1.54, 1.807) is 51.1 Å². The van der Waals surface area contributed by atoms with Crippen molar-refractivity contribution in [1.29, 1.82) is 0 Å². The summed E-state index contributed by atoms with van der Waals surface area (Å²) >= 11 is 3.31. The van der Waals surface area contributed by atoms with Crippen LogP contribution in [-0.4, -0.2) is 22.5 Å². The minimum absolute atomic E-state index is 0.349. The molecule has 2 aromatic carbocycles. The van der Waals surface area contributed by atoms with Crippen LogP contribution in [0.4, 0.5) is 0 Å². The van der Waals surface area contributed by atoms with E-state index >= 15 is 0 Å². The Morgan fingerprint density at radius 2 is 1.64 bits per heavy atom. The quantitative estimate of drug-likeness (QED) is 0.393. The topological polar surface area (TPSA) is 75.6 Å². The molecule has 28 heavy (non-hydrogen) atoms. The Kier molecular flexibility index (Phi) is 7.18. The smallest absolute Gasteiger partial charge is 0.336 e. The molecule has 6 heteroatoms. The van der Waals surface area contributed by atoms with E-state index in [2.05, 4.69) is 21.2 Å². The average molecular weight is 444 g/mol. The van der Waals surface area contributed by atoms with Crippen molar-refractivity contribution < 1.29 is 19.4 Å². The van der Waals surface area contributed by atoms with E-state index in [0.29, 0.717) is 5.56 Å². The molecule has 0 radical (unpaired) electrons. The number of nitrogens with one attached hydrogen (secondary N) is 1. The molecule has 0 heterocycles. The lowest BCUT2D eigenvalue weighted by molar-refractivity contribution is -0.138. The Hall–Kier alpha value is -2.86. The van der Waals surface area contributed by atoms with Gasteiger partial charge in [-0.05, 0) is 44.5 Å². The first-order valence-corrected chi connectivity index (χ1v) is 9.41. The van der Waals surface area contributed by atoms with E-state index in [1.807, 2.05) is 30.3 Å². The van der Waals surface area contributed by atoms with E-state index in [4.69, 9.17) is 4.74 Å². The first-order valence-electron chi connectivity index (χ1n) is 8.62. The lowest BCUT2D eigenvalue weighted by Gasteiger charge is -2.21. The van der Waals surface area contributed by atoms with Gasteiger partial charge in [-0.15, -0.1) is 0 Å². The van der Waals surface area contributed by atoms with Crippen LogP contribution in [0.5, 0.6) is 0 Å². The van der Waals surface area contributed by atoms with Crippen LogP contribution < -0.4 is 5.32 Å². The molecule has 0 spiro atoms. The number of carbonyl (C=O) groups is 2. The molecular formula is C22H22BrNO4. The van der Waals surface area contributed by atoms with Crippen LogP contribution in [0.25, 0.3) is 11.8 Å². The van der Waals surface area contributed by atoms with Gasteiger partial charge in [0.25, 0.3) is 5.91 Å². The number of hydrogen-bond donors (Lipinski definition) is 2. The number of amides is 1. The highest BCUT2D eigenvalue weighted by atomic mass is 79.9. The number of hydrogen-bond acceptors (Lipinski definition) is 4. The maximum atomic E-state index is 12.6. The molecule has 2 aromatic rings. The molecule has 0 atom stereocenters. The largest absolute Gasteiger partial charge is 0.504 e. The first kappa shape index (κ1) is 21.4. The van der Waals surface area contributed by atoms with Crippen molar-refractivity contribution in [2.24, 2.45) is 0 Å². The van der Waals surface area contributed by atoms with Gasteiger partial charge in [0.1, 0.15) is 0 Å². The summed E-state index contributed by atoms with van der Waals surface area (Å²) < 4.78 is 6.02. The number of halogens is 1. The number of aliphatic hydroxyl groups excluding tert-OH is 1. The first-order chi connectivity index (χ1) is 13.2. The monoisotopic (exact) mass is 443 g/mol. The average Bonchev–Trinajstić information content (AvgIpc) is 2.64. The summed E-state index contributed by atoms with van der Waals surface area (Å²) in [5.74, 6) is -2.34. The van der Waals surface area contributed by atoms with Crippen molar-refractivity contribution in [3.63, 3.8) is 0 Å². The number of ether oxygens (including phenoxy) is 1. The van der Waals surface area contributed by atoms with Crippen molar-refractivity contribution >= 4 is 39.6 Å². The summed E-state index contributed by atoms with van der Waals surface area (Å²) in [7, 11) is 0. The Balaban J connectivity index is 2.31. The highest BCUT2D eigenvalue weighted by Gasteiger charge is 2.25. The SMILES string of the molecule is CC(C)(C)NC(=O)C(OC(=O)/C=C\c1ccccc1)=C(O)c1ccc(Br)cc1. The zero-order valence-corrected chi connectivity index (χ0v) is 17.5. The molecule has 5 nitrogen and oxygen atoms in total. The zero-order valence-electron chi connectivity index (χ0n) is 15.9. The molecule has 0 bridgehead atoms. The fourth-order valence-corrected chi connectivity index (χ4v) is 2.47. The molecule has 0 unspecified atom stereocenters. The van der Waals surface area contributed by atoms with Crippen molar-refractivity contribution in [2.75, 3.05) is 0 Å². The van der Waals surface area contributed by atoms with Crippen LogP contribution in [-0.2, 0) is 14.3 Å². The van der Waals surface area contributed by atoms with Crippen molar-refractivity contribution in [3.8, 4) is 0 Å². The van der Waals surface area contributed by atoms with Gasteiger partial charge in [-0.3, -0.25) is 4.79 Å². The molecule has 0 aliphatic rings. The van der Waals surface area contributed by atoms with E-state index in [-0.39, 0.29) is 0 Å². The summed E-state index contributed by atoms with van der Waals surface area (Å²) in [5.41, 5.74) is 0.581. The highest BCUT2D eigenvalue weighted by Crippen LogP contribution is 2.21. The molecule has 2 N–H and O–H groups in total. The summed E-state index contributed by atoms with van der Waals surface area (Å²) in [6.07, 6.45) is 2.77. The lowest BCUT2D eigenvalue weighted by atomic mass is 10.1. The number of aliphatic hydroxyl groups is 1. The minimum Gasteiger partial charge on any atom is -0.504 e. The summed E-state index contributed by atoms with van der Waals surface area (Å²) in [6, 6.07) is 15.8. The summed E-state index contributed by atoms with van der Waals surface area (Å²) in [5, 5.41) is 13.3. The Labute approximate surface area is 172 Å². The molecular weight excluding hydrogens is 422 g/mol. The number of benzene rings is 2. The molecule has 0 saturated carbocycles. The van der Waals surface area contributed by atoms with Gasteiger partial charge >= 0.3 is 5.97 Å². The summed E-state index contributed by atoms with van der Waals surface area (Å²) in [4.78, 5) is 24.9. The minimum atomic E-state index is -0.772. The molecule has 146 valence electrons.